The lowest BCUT2D eigenvalue weighted by Crippen LogP contribution is -2.29. The first-order valence-electron chi connectivity index (χ1n) is 9.33. The van der Waals surface area contributed by atoms with E-state index in [0.29, 0.717) is 11.1 Å². The van der Waals surface area contributed by atoms with Gasteiger partial charge in [0.05, 0.1) is 5.56 Å². The summed E-state index contributed by atoms with van der Waals surface area (Å²) in [6, 6.07) is 19.3. The Morgan fingerprint density at radius 1 is 0.867 bits per heavy atom. The lowest BCUT2D eigenvalue weighted by molar-refractivity contribution is -0.124. The maximum absolute atomic E-state index is 13.6. The number of aryl methyl sites for hydroxylation is 1. The van der Waals surface area contributed by atoms with Gasteiger partial charge in [-0.1, -0.05) is 66.2 Å². The van der Waals surface area contributed by atoms with Crippen LogP contribution in [0.3, 0.4) is 0 Å². The molecule has 5 nitrogen and oxygen atoms in total. The van der Waals surface area contributed by atoms with Crippen LogP contribution in [0.15, 0.2) is 72.8 Å². The summed E-state index contributed by atoms with van der Waals surface area (Å²) in [4.78, 5) is 37.2. The topological polar surface area (TPSA) is 72.5 Å². The fourth-order valence-electron chi connectivity index (χ4n) is 2.82. The molecule has 3 rings (SSSR count). The highest BCUT2D eigenvalue weighted by Gasteiger charge is 2.20. The Labute approximate surface area is 173 Å². The smallest absolute Gasteiger partial charge is 0.339 e. The van der Waals surface area contributed by atoms with Gasteiger partial charge < -0.3 is 10.1 Å². The first-order valence-corrected chi connectivity index (χ1v) is 9.33. The predicted octanol–water partition coefficient (Wildman–Crippen LogP) is 3.84. The summed E-state index contributed by atoms with van der Waals surface area (Å²) in [5.74, 6) is -2.11. The number of hydrogen-bond donors (Lipinski definition) is 1. The van der Waals surface area contributed by atoms with E-state index in [2.05, 4.69) is 5.32 Å². The van der Waals surface area contributed by atoms with Crippen molar-refractivity contribution in [1.29, 1.82) is 0 Å². The molecule has 6 heteroatoms. The summed E-state index contributed by atoms with van der Waals surface area (Å²) in [5, 5.41) is 2.49. The quantitative estimate of drug-likeness (QED) is 0.479. The molecule has 0 heterocycles. The SMILES string of the molecule is Cc1ccc(C(=O)c2ccccc2C(=O)OCC(=O)NCc2ccccc2F)cc1. The van der Waals surface area contributed by atoms with Crippen LogP contribution < -0.4 is 5.32 Å². The second-order valence-corrected chi connectivity index (χ2v) is 6.69. The van der Waals surface area contributed by atoms with Crippen molar-refractivity contribution in [2.75, 3.05) is 6.61 Å². The van der Waals surface area contributed by atoms with E-state index in [-0.39, 0.29) is 23.5 Å². The van der Waals surface area contributed by atoms with E-state index in [1.54, 1.807) is 42.5 Å². The molecule has 0 bridgehead atoms. The first-order chi connectivity index (χ1) is 14.5. The van der Waals surface area contributed by atoms with Crippen molar-refractivity contribution in [3.05, 3.63) is 106 Å². The normalized spacial score (nSPS) is 10.3. The van der Waals surface area contributed by atoms with Gasteiger partial charge in [-0.05, 0) is 19.1 Å². The number of amides is 1. The fraction of sp³-hybridized carbons (Fsp3) is 0.125. The molecule has 30 heavy (non-hydrogen) atoms. The summed E-state index contributed by atoms with van der Waals surface area (Å²) in [5.41, 5.74) is 2.05. The minimum absolute atomic E-state index is 0.0223. The van der Waals surface area contributed by atoms with Crippen molar-refractivity contribution >= 4 is 17.7 Å². The van der Waals surface area contributed by atoms with Crippen LogP contribution in [0.4, 0.5) is 4.39 Å². The van der Waals surface area contributed by atoms with Crippen molar-refractivity contribution in [1.82, 2.24) is 5.32 Å². The Morgan fingerprint density at radius 3 is 2.20 bits per heavy atom. The third kappa shape index (κ3) is 5.17. The highest BCUT2D eigenvalue weighted by atomic mass is 19.1. The van der Waals surface area contributed by atoms with Crippen LogP contribution in [0, 0.1) is 12.7 Å². The molecule has 1 amide bonds. The fourth-order valence-corrected chi connectivity index (χ4v) is 2.82. The number of halogens is 1. The first kappa shape index (κ1) is 20.9. The van der Waals surface area contributed by atoms with Crippen LogP contribution in [-0.2, 0) is 16.1 Å². The predicted molar refractivity (Wildman–Crippen MR) is 110 cm³/mol. The Hall–Kier alpha value is -3.80. The Morgan fingerprint density at radius 2 is 1.50 bits per heavy atom. The molecule has 0 aliphatic rings. The van der Waals surface area contributed by atoms with Gasteiger partial charge in [0.2, 0.25) is 0 Å². The zero-order valence-corrected chi connectivity index (χ0v) is 16.4. The number of rotatable bonds is 7. The zero-order valence-electron chi connectivity index (χ0n) is 16.4. The van der Waals surface area contributed by atoms with E-state index in [0.717, 1.165) is 5.56 Å². The van der Waals surface area contributed by atoms with E-state index in [1.807, 2.05) is 19.1 Å². The maximum atomic E-state index is 13.6. The third-order valence-corrected chi connectivity index (χ3v) is 4.47. The molecule has 0 unspecified atom stereocenters. The molecule has 1 N–H and O–H groups in total. The molecule has 0 aromatic heterocycles. The second-order valence-electron chi connectivity index (χ2n) is 6.69. The number of benzene rings is 3. The van der Waals surface area contributed by atoms with Crippen LogP contribution in [-0.4, -0.2) is 24.3 Å². The second kappa shape index (κ2) is 9.60. The summed E-state index contributed by atoms with van der Waals surface area (Å²) in [6.07, 6.45) is 0. The molecule has 0 radical (unpaired) electrons. The van der Waals surface area contributed by atoms with Crippen LogP contribution in [0.2, 0.25) is 0 Å². The third-order valence-electron chi connectivity index (χ3n) is 4.47. The number of esters is 1. The van der Waals surface area contributed by atoms with Crippen LogP contribution in [0.25, 0.3) is 0 Å². The van der Waals surface area contributed by atoms with Crippen LogP contribution >= 0.6 is 0 Å². The number of hydrogen-bond acceptors (Lipinski definition) is 4. The lowest BCUT2D eigenvalue weighted by Gasteiger charge is -2.10. The van der Waals surface area contributed by atoms with Gasteiger partial charge in [-0.25, -0.2) is 9.18 Å². The van der Waals surface area contributed by atoms with Gasteiger partial charge in [0.25, 0.3) is 5.91 Å². The molecule has 3 aromatic rings. The lowest BCUT2D eigenvalue weighted by atomic mass is 9.98. The number of carbonyl (C=O) groups is 3. The molecule has 0 spiro atoms. The average Bonchev–Trinajstić information content (AvgIpc) is 2.77. The van der Waals surface area contributed by atoms with Gasteiger partial charge in [-0.2, -0.15) is 0 Å². The number of ketones is 1. The Bertz CT molecular complexity index is 1080. The van der Waals surface area contributed by atoms with E-state index in [4.69, 9.17) is 4.74 Å². The van der Waals surface area contributed by atoms with Crippen molar-refractivity contribution in [2.24, 2.45) is 0 Å². The highest BCUT2D eigenvalue weighted by Crippen LogP contribution is 2.16. The van der Waals surface area contributed by atoms with Crippen molar-refractivity contribution in [2.45, 2.75) is 13.5 Å². The molecular weight excluding hydrogens is 385 g/mol. The summed E-state index contributed by atoms with van der Waals surface area (Å²) < 4.78 is 18.6. The molecular formula is C24H20FNO4. The average molecular weight is 405 g/mol. The molecule has 152 valence electrons. The van der Waals surface area contributed by atoms with Crippen LogP contribution in [0.5, 0.6) is 0 Å². The maximum Gasteiger partial charge on any atom is 0.339 e. The van der Waals surface area contributed by atoms with Gasteiger partial charge >= 0.3 is 5.97 Å². The standard InChI is InChI=1S/C24H20FNO4/c1-16-10-12-17(13-11-16)23(28)19-7-3-4-8-20(19)24(29)30-15-22(27)26-14-18-6-2-5-9-21(18)25/h2-13H,14-15H2,1H3,(H,26,27). The summed E-state index contributed by atoms with van der Waals surface area (Å²) >= 11 is 0. The molecule has 0 fully saturated rings. The number of nitrogens with one attached hydrogen (secondary N) is 1. The largest absolute Gasteiger partial charge is 0.452 e. The molecule has 0 saturated heterocycles. The van der Waals surface area contributed by atoms with Gasteiger partial charge in [-0.15, -0.1) is 0 Å². The van der Waals surface area contributed by atoms with Crippen molar-refractivity contribution in [3.63, 3.8) is 0 Å². The van der Waals surface area contributed by atoms with Crippen LogP contribution in [0.1, 0.15) is 37.4 Å². The Balaban J connectivity index is 1.63. The number of ether oxygens (including phenoxy) is 1. The van der Waals surface area contributed by atoms with Crippen molar-refractivity contribution in [3.8, 4) is 0 Å². The van der Waals surface area contributed by atoms with Gasteiger partial charge in [0.1, 0.15) is 5.82 Å². The Kier molecular flexibility index (Phi) is 6.70. The molecule has 3 aromatic carbocycles. The molecule has 0 aliphatic heterocycles. The minimum Gasteiger partial charge on any atom is -0.452 e. The number of carbonyl (C=O) groups excluding carboxylic acids is 3. The monoisotopic (exact) mass is 405 g/mol. The van der Waals surface area contributed by atoms with E-state index in [9.17, 15) is 18.8 Å². The van der Waals surface area contributed by atoms with E-state index >= 15 is 0 Å². The van der Waals surface area contributed by atoms with E-state index < -0.39 is 24.3 Å². The van der Waals surface area contributed by atoms with Gasteiger partial charge in [0, 0.05) is 23.2 Å². The summed E-state index contributed by atoms with van der Waals surface area (Å²) in [6.45, 7) is 1.35. The molecule has 0 saturated carbocycles. The zero-order chi connectivity index (χ0) is 21.5. The van der Waals surface area contributed by atoms with E-state index in [1.165, 1.54) is 18.2 Å². The van der Waals surface area contributed by atoms with Gasteiger partial charge in [0.15, 0.2) is 12.4 Å². The highest BCUT2D eigenvalue weighted by molar-refractivity contribution is 6.14. The minimum atomic E-state index is -0.785. The van der Waals surface area contributed by atoms with Gasteiger partial charge in [-0.3, -0.25) is 9.59 Å². The summed E-state index contributed by atoms with van der Waals surface area (Å²) in [7, 11) is 0. The molecule has 0 aliphatic carbocycles. The molecule has 0 atom stereocenters. The van der Waals surface area contributed by atoms with Crippen molar-refractivity contribution < 1.29 is 23.5 Å².